The first-order chi connectivity index (χ1) is 7.22. The van der Waals surface area contributed by atoms with Crippen molar-refractivity contribution in [2.45, 2.75) is 19.4 Å². The van der Waals surface area contributed by atoms with Crippen LogP contribution in [0.5, 0.6) is 0 Å². The Labute approximate surface area is 103 Å². The van der Waals surface area contributed by atoms with Crippen LogP contribution in [-0.4, -0.2) is 11.8 Å². The van der Waals surface area contributed by atoms with E-state index in [1.807, 2.05) is 24.3 Å². The Kier molecular flexibility index (Phi) is 5.73. The molecule has 1 amide bonds. The van der Waals surface area contributed by atoms with Crippen molar-refractivity contribution in [3.63, 3.8) is 0 Å². The van der Waals surface area contributed by atoms with Gasteiger partial charge in [0.25, 0.3) is 0 Å². The number of amides is 1. The predicted octanol–water partition coefficient (Wildman–Crippen LogP) is 3.08. The molecule has 0 aliphatic heterocycles. The lowest BCUT2D eigenvalue weighted by Gasteiger charge is -2.04. The van der Waals surface area contributed by atoms with Crippen LogP contribution < -0.4 is 5.32 Å². The number of carbonyl (C=O) groups is 1. The first-order valence-electron chi connectivity index (χ1n) is 4.79. The van der Waals surface area contributed by atoms with E-state index in [1.54, 1.807) is 0 Å². The Hall–Kier alpha value is -0.540. The standard InChI is InChI=1S/C11H13BrClNO/c12-10-5-3-9(4-6-10)8-14-11(15)2-1-7-13/h3-6H,1-2,7-8H2,(H,14,15). The highest BCUT2D eigenvalue weighted by Crippen LogP contribution is 2.10. The summed E-state index contributed by atoms with van der Waals surface area (Å²) in [5.41, 5.74) is 1.09. The molecule has 1 N–H and O–H groups in total. The third kappa shape index (κ3) is 5.19. The molecule has 82 valence electrons. The van der Waals surface area contributed by atoms with E-state index in [4.69, 9.17) is 11.6 Å². The van der Waals surface area contributed by atoms with Crippen molar-refractivity contribution < 1.29 is 4.79 Å². The molecule has 1 aromatic carbocycles. The fourth-order valence-corrected chi connectivity index (χ4v) is 1.52. The highest BCUT2D eigenvalue weighted by atomic mass is 79.9. The van der Waals surface area contributed by atoms with Crippen molar-refractivity contribution in [3.8, 4) is 0 Å². The van der Waals surface area contributed by atoms with Crippen molar-refractivity contribution in [3.05, 3.63) is 34.3 Å². The Balaban J connectivity index is 2.30. The zero-order valence-corrected chi connectivity index (χ0v) is 10.6. The maximum atomic E-state index is 11.3. The fraction of sp³-hybridized carbons (Fsp3) is 0.364. The van der Waals surface area contributed by atoms with Gasteiger partial charge in [0.2, 0.25) is 5.91 Å². The maximum Gasteiger partial charge on any atom is 0.220 e. The van der Waals surface area contributed by atoms with Gasteiger partial charge in [-0.25, -0.2) is 0 Å². The maximum absolute atomic E-state index is 11.3. The molecule has 0 unspecified atom stereocenters. The molecule has 1 rings (SSSR count). The summed E-state index contributed by atoms with van der Waals surface area (Å²) in [6, 6.07) is 7.87. The number of alkyl halides is 1. The van der Waals surface area contributed by atoms with E-state index >= 15 is 0 Å². The fourth-order valence-electron chi connectivity index (χ4n) is 1.12. The van der Waals surface area contributed by atoms with Gasteiger partial charge in [-0.15, -0.1) is 11.6 Å². The van der Waals surface area contributed by atoms with Crippen LogP contribution in [0.15, 0.2) is 28.7 Å². The van der Waals surface area contributed by atoms with E-state index < -0.39 is 0 Å². The molecule has 0 aliphatic carbocycles. The van der Waals surface area contributed by atoms with Gasteiger partial charge in [-0.05, 0) is 24.1 Å². The van der Waals surface area contributed by atoms with Crippen LogP contribution in [0.1, 0.15) is 18.4 Å². The zero-order valence-electron chi connectivity index (χ0n) is 8.30. The van der Waals surface area contributed by atoms with E-state index in [2.05, 4.69) is 21.2 Å². The molecule has 0 aliphatic rings. The van der Waals surface area contributed by atoms with Crippen LogP contribution in [0.25, 0.3) is 0 Å². The van der Waals surface area contributed by atoms with Crippen LogP contribution in [0.4, 0.5) is 0 Å². The van der Waals surface area contributed by atoms with E-state index in [1.165, 1.54) is 0 Å². The molecule has 0 atom stereocenters. The summed E-state index contributed by atoms with van der Waals surface area (Å²) in [5, 5.41) is 2.84. The molecule has 0 saturated heterocycles. The van der Waals surface area contributed by atoms with Gasteiger partial charge in [-0.3, -0.25) is 4.79 Å². The Morgan fingerprint density at radius 3 is 2.60 bits per heavy atom. The lowest BCUT2D eigenvalue weighted by atomic mass is 10.2. The van der Waals surface area contributed by atoms with Gasteiger partial charge in [0, 0.05) is 23.3 Å². The van der Waals surface area contributed by atoms with Crippen LogP contribution in [-0.2, 0) is 11.3 Å². The Morgan fingerprint density at radius 1 is 1.33 bits per heavy atom. The smallest absolute Gasteiger partial charge is 0.220 e. The molecule has 0 fully saturated rings. The first kappa shape index (κ1) is 12.5. The highest BCUT2D eigenvalue weighted by molar-refractivity contribution is 9.10. The van der Waals surface area contributed by atoms with Gasteiger partial charge in [0.05, 0.1) is 0 Å². The number of hydrogen-bond donors (Lipinski definition) is 1. The second-order valence-corrected chi connectivity index (χ2v) is 4.49. The largest absolute Gasteiger partial charge is 0.352 e. The summed E-state index contributed by atoms with van der Waals surface area (Å²) in [6.07, 6.45) is 1.23. The number of carbonyl (C=O) groups excluding carboxylic acids is 1. The monoisotopic (exact) mass is 289 g/mol. The molecule has 0 spiro atoms. The normalized spacial score (nSPS) is 10.0. The molecular weight excluding hydrogens is 277 g/mol. The molecule has 0 aromatic heterocycles. The van der Waals surface area contributed by atoms with Gasteiger partial charge in [0.1, 0.15) is 0 Å². The van der Waals surface area contributed by atoms with Gasteiger partial charge in [-0.1, -0.05) is 28.1 Å². The van der Waals surface area contributed by atoms with Gasteiger partial charge < -0.3 is 5.32 Å². The summed E-state index contributed by atoms with van der Waals surface area (Å²) >= 11 is 8.85. The molecule has 0 heterocycles. The summed E-state index contributed by atoms with van der Waals surface area (Å²) in [7, 11) is 0. The van der Waals surface area contributed by atoms with Gasteiger partial charge in [0.15, 0.2) is 0 Å². The van der Waals surface area contributed by atoms with E-state index in [9.17, 15) is 4.79 Å². The lowest BCUT2D eigenvalue weighted by molar-refractivity contribution is -0.121. The SMILES string of the molecule is O=C(CCCCl)NCc1ccc(Br)cc1. The van der Waals surface area contributed by atoms with Crippen molar-refractivity contribution in [2.75, 3.05) is 5.88 Å². The lowest BCUT2D eigenvalue weighted by Crippen LogP contribution is -2.22. The second-order valence-electron chi connectivity index (χ2n) is 3.20. The van der Waals surface area contributed by atoms with Gasteiger partial charge >= 0.3 is 0 Å². The molecule has 4 heteroatoms. The molecule has 1 aromatic rings. The van der Waals surface area contributed by atoms with E-state index in [0.717, 1.165) is 16.5 Å². The van der Waals surface area contributed by atoms with Crippen molar-refractivity contribution >= 4 is 33.4 Å². The van der Waals surface area contributed by atoms with Crippen LogP contribution in [0.2, 0.25) is 0 Å². The second kappa shape index (κ2) is 6.85. The molecular formula is C11H13BrClNO. The predicted molar refractivity (Wildman–Crippen MR) is 65.9 cm³/mol. The van der Waals surface area contributed by atoms with Crippen molar-refractivity contribution in [1.29, 1.82) is 0 Å². The Bertz CT molecular complexity index is 313. The van der Waals surface area contributed by atoms with Crippen LogP contribution in [0.3, 0.4) is 0 Å². The zero-order chi connectivity index (χ0) is 11.1. The van der Waals surface area contributed by atoms with Crippen LogP contribution >= 0.6 is 27.5 Å². The first-order valence-corrected chi connectivity index (χ1v) is 6.12. The molecule has 2 nitrogen and oxygen atoms in total. The number of halogens is 2. The van der Waals surface area contributed by atoms with Crippen LogP contribution in [0, 0.1) is 0 Å². The summed E-state index contributed by atoms with van der Waals surface area (Å²) in [5.74, 6) is 0.588. The molecule has 0 radical (unpaired) electrons. The third-order valence-corrected chi connectivity index (χ3v) is 2.74. The van der Waals surface area contributed by atoms with E-state index in [-0.39, 0.29) is 5.91 Å². The topological polar surface area (TPSA) is 29.1 Å². The average molecular weight is 291 g/mol. The van der Waals surface area contributed by atoms with Gasteiger partial charge in [-0.2, -0.15) is 0 Å². The summed E-state index contributed by atoms with van der Waals surface area (Å²) < 4.78 is 1.04. The minimum absolute atomic E-state index is 0.0542. The molecule has 0 saturated carbocycles. The summed E-state index contributed by atoms with van der Waals surface area (Å²) in [6.45, 7) is 0.578. The van der Waals surface area contributed by atoms with Crippen molar-refractivity contribution in [1.82, 2.24) is 5.32 Å². The molecule has 0 bridgehead atoms. The Morgan fingerprint density at radius 2 is 2.00 bits per heavy atom. The quantitative estimate of drug-likeness (QED) is 0.830. The minimum atomic E-state index is 0.0542. The van der Waals surface area contributed by atoms with Crippen molar-refractivity contribution in [2.24, 2.45) is 0 Å². The number of benzene rings is 1. The minimum Gasteiger partial charge on any atom is -0.352 e. The average Bonchev–Trinajstić information content (AvgIpc) is 2.25. The van der Waals surface area contributed by atoms with E-state index in [0.29, 0.717) is 18.8 Å². The third-order valence-electron chi connectivity index (χ3n) is 1.94. The number of nitrogens with one attached hydrogen (secondary N) is 1. The number of hydrogen-bond acceptors (Lipinski definition) is 1. The summed E-state index contributed by atoms with van der Waals surface area (Å²) in [4.78, 5) is 11.3. The molecule has 15 heavy (non-hydrogen) atoms. The number of rotatable bonds is 5. The highest BCUT2D eigenvalue weighted by Gasteiger charge is 2.00.